The molecule has 0 saturated heterocycles. The molecular weight excluding hydrogens is 365 g/mol. The van der Waals surface area contributed by atoms with Gasteiger partial charge in [0.1, 0.15) is 5.82 Å². The van der Waals surface area contributed by atoms with Crippen molar-refractivity contribution in [1.82, 2.24) is 14.8 Å². The van der Waals surface area contributed by atoms with E-state index in [0.717, 1.165) is 46.9 Å². The number of aromatic nitrogens is 3. The summed E-state index contributed by atoms with van der Waals surface area (Å²) in [4.78, 5) is 4.47. The van der Waals surface area contributed by atoms with Gasteiger partial charge in [0.25, 0.3) is 0 Å². The fourth-order valence-electron chi connectivity index (χ4n) is 3.68. The quantitative estimate of drug-likeness (QED) is 0.633. The Labute approximate surface area is 163 Å². The summed E-state index contributed by atoms with van der Waals surface area (Å²) in [5.74, 6) is -0.434. The van der Waals surface area contributed by atoms with E-state index in [1.54, 1.807) is 12.1 Å². The van der Waals surface area contributed by atoms with E-state index >= 15 is 0 Å². The van der Waals surface area contributed by atoms with Crippen LogP contribution < -0.4 is 0 Å². The van der Waals surface area contributed by atoms with Crippen LogP contribution in [0.2, 0.25) is 5.02 Å². The molecule has 1 atom stereocenters. The molecule has 4 rings (SSSR count). The van der Waals surface area contributed by atoms with Gasteiger partial charge in [0, 0.05) is 28.9 Å². The fraction of sp³-hybridized carbons (Fsp3) is 0.333. The van der Waals surface area contributed by atoms with Gasteiger partial charge < -0.3 is 4.74 Å². The molecule has 1 aliphatic heterocycles. The van der Waals surface area contributed by atoms with Crippen molar-refractivity contribution < 1.29 is 9.13 Å². The highest BCUT2D eigenvalue weighted by Gasteiger charge is 2.25. The molecule has 0 N–H and O–H groups in total. The highest BCUT2D eigenvalue weighted by molar-refractivity contribution is 6.30. The maximum atomic E-state index is 13.7. The molecule has 0 saturated carbocycles. The number of pyridine rings is 1. The van der Waals surface area contributed by atoms with E-state index in [1.807, 2.05) is 30.7 Å². The molecule has 0 bridgehead atoms. The first-order valence-corrected chi connectivity index (χ1v) is 9.43. The van der Waals surface area contributed by atoms with Gasteiger partial charge in [-0.2, -0.15) is 5.10 Å². The summed E-state index contributed by atoms with van der Waals surface area (Å²) in [6.45, 7) is 6.68. The van der Waals surface area contributed by atoms with Gasteiger partial charge in [-0.05, 0) is 57.5 Å². The molecule has 0 spiro atoms. The SMILES string of the molecule is Cc1cc(-c2nn(-c3ccc(F)c(Cl)c3)c3c2CCO[C@H](C)C3)cc(C)n1. The van der Waals surface area contributed by atoms with E-state index in [1.165, 1.54) is 11.6 Å². The Morgan fingerprint density at radius 2 is 1.93 bits per heavy atom. The van der Waals surface area contributed by atoms with Crippen LogP contribution in [0.1, 0.15) is 29.6 Å². The molecule has 0 unspecified atom stereocenters. The average Bonchev–Trinajstić information content (AvgIpc) is 2.83. The van der Waals surface area contributed by atoms with Gasteiger partial charge in [0.2, 0.25) is 0 Å². The predicted octanol–water partition coefficient (Wildman–Crippen LogP) is 4.85. The molecule has 27 heavy (non-hydrogen) atoms. The summed E-state index contributed by atoms with van der Waals surface area (Å²) >= 11 is 6.02. The number of ether oxygens (including phenoxy) is 1. The molecule has 0 fully saturated rings. The van der Waals surface area contributed by atoms with Crippen LogP contribution in [0.5, 0.6) is 0 Å². The fourth-order valence-corrected chi connectivity index (χ4v) is 3.86. The first kappa shape index (κ1) is 18.1. The van der Waals surface area contributed by atoms with Crippen molar-refractivity contribution in [2.24, 2.45) is 0 Å². The molecule has 1 aromatic carbocycles. The maximum absolute atomic E-state index is 13.7. The van der Waals surface area contributed by atoms with Crippen LogP contribution >= 0.6 is 11.6 Å². The van der Waals surface area contributed by atoms with Gasteiger partial charge in [-0.25, -0.2) is 9.07 Å². The van der Waals surface area contributed by atoms with E-state index < -0.39 is 5.82 Å². The minimum atomic E-state index is -0.434. The summed E-state index contributed by atoms with van der Waals surface area (Å²) in [5, 5.41) is 5.00. The highest BCUT2D eigenvalue weighted by Crippen LogP contribution is 2.32. The number of aryl methyl sites for hydroxylation is 2. The Morgan fingerprint density at radius 3 is 2.63 bits per heavy atom. The Bertz CT molecular complexity index is 995. The topological polar surface area (TPSA) is 39.9 Å². The number of fused-ring (bicyclic) bond motifs is 1. The highest BCUT2D eigenvalue weighted by atomic mass is 35.5. The van der Waals surface area contributed by atoms with Gasteiger partial charge in [-0.1, -0.05) is 11.6 Å². The molecule has 1 aliphatic rings. The minimum absolute atomic E-state index is 0.0892. The van der Waals surface area contributed by atoms with Crippen molar-refractivity contribution in [2.75, 3.05) is 6.61 Å². The summed E-state index contributed by atoms with van der Waals surface area (Å²) in [6.07, 6.45) is 1.61. The summed E-state index contributed by atoms with van der Waals surface area (Å²) in [7, 11) is 0. The van der Waals surface area contributed by atoms with Gasteiger partial charge in [0.15, 0.2) is 0 Å². The molecular formula is C21H21ClFN3O. The standard InChI is InChI=1S/C21H21ClFN3O/c1-12-8-15(9-13(2)24-12)21-17-6-7-27-14(3)10-20(17)26(25-21)16-4-5-19(23)18(22)11-16/h4-5,8-9,11,14H,6-7,10H2,1-3H3/t14-/m1/s1. The van der Waals surface area contributed by atoms with Crippen molar-refractivity contribution >= 4 is 11.6 Å². The Hall–Kier alpha value is -2.24. The molecule has 3 aromatic rings. The molecule has 2 aromatic heterocycles. The van der Waals surface area contributed by atoms with Crippen LogP contribution in [-0.4, -0.2) is 27.5 Å². The largest absolute Gasteiger partial charge is 0.378 e. The number of benzene rings is 1. The second-order valence-electron chi connectivity index (χ2n) is 7.06. The second kappa shape index (κ2) is 7.06. The van der Waals surface area contributed by atoms with Crippen LogP contribution in [0, 0.1) is 19.7 Å². The molecule has 6 heteroatoms. The lowest BCUT2D eigenvalue weighted by molar-refractivity contribution is 0.0735. The van der Waals surface area contributed by atoms with Crippen LogP contribution in [0.25, 0.3) is 16.9 Å². The normalized spacial score (nSPS) is 16.9. The lowest BCUT2D eigenvalue weighted by Gasteiger charge is -2.11. The molecule has 3 heterocycles. The summed E-state index contributed by atoms with van der Waals surface area (Å²) in [5.41, 5.74) is 6.89. The summed E-state index contributed by atoms with van der Waals surface area (Å²) < 4.78 is 21.4. The number of halogens is 2. The van der Waals surface area contributed by atoms with Crippen LogP contribution in [-0.2, 0) is 17.6 Å². The number of rotatable bonds is 2. The monoisotopic (exact) mass is 385 g/mol. The maximum Gasteiger partial charge on any atom is 0.141 e. The first-order valence-electron chi connectivity index (χ1n) is 9.06. The average molecular weight is 386 g/mol. The lowest BCUT2D eigenvalue weighted by atomic mass is 10.0. The smallest absolute Gasteiger partial charge is 0.141 e. The second-order valence-corrected chi connectivity index (χ2v) is 7.47. The zero-order chi connectivity index (χ0) is 19.1. The Kier molecular flexibility index (Phi) is 4.74. The zero-order valence-corrected chi connectivity index (χ0v) is 16.3. The van der Waals surface area contributed by atoms with Crippen LogP contribution in [0.15, 0.2) is 30.3 Å². The van der Waals surface area contributed by atoms with Crippen molar-refractivity contribution in [1.29, 1.82) is 0 Å². The third-order valence-corrected chi connectivity index (χ3v) is 5.12. The van der Waals surface area contributed by atoms with Gasteiger partial charge in [-0.15, -0.1) is 0 Å². The third-order valence-electron chi connectivity index (χ3n) is 4.83. The summed E-state index contributed by atoms with van der Waals surface area (Å²) in [6, 6.07) is 8.80. The van der Waals surface area contributed by atoms with Crippen LogP contribution in [0.3, 0.4) is 0 Å². The van der Waals surface area contributed by atoms with Crippen molar-refractivity contribution in [3.63, 3.8) is 0 Å². The molecule has 0 amide bonds. The number of hydrogen-bond donors (Lipinski definition) is 0. The van der Waals surface area contributed by atoms with E-state index in [4.69, 9.17) is 21.4 Å². The third kappa shape index (κ3) is 3.49. The zero-order valence-electron chi connectivity index (χ0n) is 15.6. The van der Waals surface area contributed by atoms with E-state index in [-0.39, 0.29) is 11.1 Å². The van der Waals surface area contributed by atoms with E-state index in [2.05, 4.69) is 11.9 Å². The molecule has 0 radical (unpaired) electrons. The van der Waals surface area contributed by atoms with Gasteiger partial charge in [0.05, 0.1) is 34.8 Å². The number of nitrogens with zero attached hydrogens (tertiary/aromatic N) is 3. The van der Waals surface area contributed by atoms with Gasteiger partial charge in [-0.3, -0.25) is 4.98 Å². The van der Waals surface area contributed by atoms with E-state index in [0.29, 0.717) is 6.61 Å². The molecule has 0 aliphatic carbocycles. The predicted molar refractivity (Wildman–Crippen MR) is 104 cm³/mol. The molecule has 4 nitrogen and oxygen atoms in total. The Balaban J connectivity index is 1.94. The van der Waals surface area contributed by atoms with Crippen LogP contribution in [0.4, 0.5) is 4.39 Å². The number of hydrogen-bond acceptors (Lipinski definition) is 3. The molecule has 140 valence electrons. The van der Waals surface area contributed by atoms with Gasteiger partial charge >= 0.3 is 0 Å². The van der Waals surface area contributed by atoms with Crippen molar-refractivity contribution in [3.05, 3.63) is 63.8 Å². The van der Waals surface area contributed by atoms with Crippen molar-refractivity contribution in [3.8, 4) is 16.9 Å². The minimum Gasteiger partial charge on any atom is -0.378 e. The van der Waals surface area contributed by atoms with E-state index in [9.17, 15) is 4.39 Å². The lowest BCUT2D eigenvalue weighted by Crippen LogP contribution is -2.13. The van der Waals surface area contributed by atoms with Crippen molar-refractivity contribution in [2.45, 2.75) is 39.7 Å². The Morgan fingerprint density at radius 1 is 1.19 bits per heavy atom. The first-order chi connectivity index (χ1) is 12.9.